The Labute approximate surface area is 88.9 Å². The van der Waals surface area contributed by atoms with Crippen LogP contribution in [0.25, 0.3) is 0 Å². The van der Waals surface area contributed by atoms with Crippen LogP contribution in [0.1, 0.15) is 17.0 Å². The Bertz CT molecular complexity index is 390. The van der Waals surface area contributed by atoms with Gasteiger partial charge in [0, 0.05) is 38.6 Å². The molecule has 0 saturated heterocycles. The molecule has 0 radical (unpaired) electrons. The molecule has 2 aromatic rings. The molecule has 0 aromatic carbocycles. The first-order valence-corrected chi connectivity index (χ1v) is 4.98. The minimum absolute atomic E-state index is 0.742. The van der Waals surface area contributed by atoms with Gasteiger partial charge in [-0.2, -0.15) is 0 Å². The Morgan fingerprint density at radius 3 is 2.93 bits per heavy atom. The predicted molar refractivity (Wildman–Crippen MR) is 57.2 cm³/mol. The van der Waals surface area contributed by atoms with E-state index in [2.05, 4.69) is 22.7 Å². The summed E-state index contributed by atoms with van der Waals surface area (Å²) in [5.74, 6) is 0.853. The van der Waals surface area contributed by atoms with Crippen molar-refractivity contribution in [2.45, 2.75) is 20.0 Å². The molecular weight excluding hydrogens is 190 g/mol. The summed E-state index contributed by atoms with van der Waals surface area (Å²) < 4.78 is 7.02. The zero-order chi connectivity index (χ0) is 10.7. The van der Waals surface area contributed by atoms with E-state index in [-0.39, 0.29) is 0 Å². The molecular formula is C11H15N3O. The lowest BCUT2D eigenvalue weighted by atomic mass is 10.3. The lowest BCUT2D eigenvalue weighted by Gasteiger charge is -1.98. The van der Waals surface area contributed by atoms with Crippen molar-refractivity contribution in [3.05, 3.63) is 41.5 Å². The van der Waals surface area contributed by atoms with Crippen LogP contribution in [0.5, 0.6) is 0 Å². The van der Waals surface area contributed by atoms with Crippen LogP contribution < -0.4 is 5.32 Å². The SMILES string of the molecule is Cc1cc(CNCc2ccn(C)c2)no1. The van der Waals surface area contributed by atoms with E-state index in [1.165, 1.54) is 5.56 Å². The smallest absolute Gasteiger partial charge is 0.133 e. The summed E-state index contributed by atoms with van der Waals surface area (Å²) in [6.07, 6.45) is 4.14. The first kappa shape index (κ1) is 9.98. The van der Waals surface area contributed by atoms with Crippen molar-refractivity contribution < 1.29 is 4.52 Å². The fraction of sp³-hybridized carbons (Fsp3) is 0.364. The second-order valence-corrected chi connectivity index (χ2v) is 3.72. The van der Waals surface area contributed by atoms with Crippen molar-refractivity contribution >= 4 is 0 Å². The fourth-order valence-corrected chi connectivity index (χ4v) is 1.50. The monoisotopic (exact) mass is 205 g/mol. The number of rotatable bonds is 4. The predicted octanol–water partition coefficient (Wildman–Crippen LogP) is 1.61. The number of hydrogen-bond donors (Lipinski definition) is 1. The summed E-state index contributed by atoms with van der Waals surface area (Å²) >= 11 is 0. The quantitative estimate of drug-likeness (QED) is 0.824. The van der Waals surface area contributed by atoms with E-state index >= 15 is 0 Å². The minimum Gasteiger partial charge on any atom is -0.361 e. The maximum absolute atomic E-state index is 4.98. The highest BCUT2D eigenvalue weighted by Crippen LogP contribution is 2.02. The molecule has 0 saturated carbocycles. The summed E-state index contributed by atoms with van der Waals surface area (Å²) in [7, 11) is 2.02. The highest BCUT2D eigenvalue weighted by Gasteiger charge is 1.99. The van der Waals surface area contributed by atoms with Crippen molar-refractivity contribution in [2.24, 2.45) is 7.05 Å². The minimum atomic E-state index is 0.742. The van der Waals surface area contributed by atoms with Crippen LogP contribution in [0.3, 0.4) is 0 Å². The zero-order valence-corrected chi connectivity index (χ0v) is 9.03. The Balaban J connectivity index is 1.80. The molecule has 15 heavy (non-hydrogen) atoms. The van der Waals surface area contributed by atoms with E-state index in [0.717, 1.165) is 24.5 Å². The van der Waals surface area contributed by atoms with E-state index in [0.29, 0.717) is 0 Å². The van der Waals surface area contributed by atoms with E-state index in [4.69, 9.17) is 4.52 Å². The molecule has 0 unspecified atom stereocenters. The number of nitrogens with one attached hydrogen (secondary N) is 1. The third-order valence-corrected chi connectivity index (χ3v) is 2.21. The van der Waals surface area contributed by atoms with Gasteiger partial charge in [0.05, 0.1) is 5.69 Å². The molecule has 2 aromatic heterocycles. The maximum atomic E-state index is 4.98. The summed E-state index contributed by atoms with van der Waals surface area (Å²) in [6, 6.07) is 4.04. The van der Waals surface area contributed by atoms with E-state index in [1.807, 2.05) is 30.8 Å². The molecule has 4 nitrogen and oxygen atoms in total. The van der Waals surface area contributed by atoms with Gasteiger partial charge < -0.3 is 14.4 Å². The molecule has 0 fully saturated rings. The molecule has 0 aliphatic heterocycles. The average molecular weight is 205 g/mol. The number of aromatic nitrogens is 2. The average Bonchev–Trinajstić information content (AvgIpc) is 2.76. The van der Waals surface area contributed by atoms with Gasteiger partial charge in [-0.3, -0.25) is 0 Å². The molecule has 2 rings (SSSR count). The second-order valence-electron chi connectivity index (χ2n) is 3.72. The first-order valence-electron chi connectivity index (χ1n) is 4.98. The van der Waals surface area contributed by atoms with E-state index < -0.39 is 0 Å². The first-order chi connectivity index (χ1) is 7.24. The topological polar surface area (TPSA) is 43.0 Å². The van der Waals surface area contributed by atoms with Crippen molar-refractivity contribution in [1.29, 1.82) is 0 Å². The number of hydrogen-bond acceptors (Lipinski definition) is 3. The molecule has 0 amide bonds. The second kappa shape index (κ2) is 4.31. The Kier molecular flexibility index (Phi) is 2.87. The Morgan fingerprint density at radius 1 is 1.47 bits per heavy atom. The van der Waals surface area contributed by atoms with Crippen LogP contribution >= 0.6 is 0 Å². The van der Waals surface area contributed by atoms with Crippen LogP contribution in [0, 0.1) is 6.92 Å². The van der Waals surface area contributed by atoms with Crippen LogP contribution in [-0.4, -0.2) is 9.72 Å². The molecule has 0 bridgehead atoms. The number of nitrogens with zero attached hydrogens (tertiary/aromatic N) is 2. The lowest BCUT2D eigenvalue weighted by Crippen LogP contribution is -2.12. The molecule has 80 valence electrons. The van der Waals surface area contributed by atoms with Crippen molar-refractivity contribution in [1.82, 2.24) is 15.0 Å². The Hall–Kier alpha value is -1.55. The Morgan fingerprint density at radius 2 is 2.33 bits per heavy atom. The summed E-state index contributed by atoms with van der Waals surface area (Å²) in [6.45, 7) is 3.49. The summed E-state index contributed by atoms with van der Waals surface area (Å²) in [5.41, 5.74) is 2.22. The molecule has 0 aliphatic rings. The molecule has 2 heterocycles. The van der Waals surface area contributed by atoms with Gasteiger partial charge in [-0.25, -0.2) is 0 Å². The number of aryl methyl sites for hydroxylation is 2. The van der Waals surface area contributed by atoms with Crippen molar-refractivity contribution in [3.8, 4) is 0 Å². The van der Waals surface area contributed by atoms with Gasteiger partial charge in [0.15, 0.2) is 0 Å². The molecule has 4 heteroatoms. The van der Waals surface area contributed by atoms with Gasteiger partial charge in [-0.15, -0.1) is 0 Å². The zero-order valence-electron chi connectivity index (χ0n) is 9.03. The van der Waals surface area contributed by atoms with Crippen LogP contribution in [-0.2, 0) is 20.1 Å². The van der Waals surface area contributed by atoms with E-state index in [1.54, 1.807) is 0 Å². The fourth-order valence-electron chi connectivity index (χ4n) is 1.50. The molecule has 1 N–H and O–H groups in total. The molecule has 0 atom stereocenters. The third kappa shape index (κ3) is 2.70. The van der Waals surface area contributed by atoms with Gasteiger partial charge in [0.1, 0.15) is 5.76 Å². The van der Waals surface area contributed by atoms with E-state index in [9.17, 15) is 0 Å². The van der Waals surface area contributed by atoms with Gasteiger partial charge in [0.25, 0.3) is 0 Å². The van der Waals surface area contributed by atoms with Crippen LogP contribution in [0.15, 0.2) is 29.0 Å². The largest absolute Gasteiger partial charge is 0.361 e. The highest BCUT2D eigenvalue weighted by atomic mass is 16.5. The standard InChI is InChI=1S/C11H15N3O/c1-9-5-11(13-15-9)7-12-6-10-3-4-14(2)8-10/h3-5,8,12H,6-7H2,1-2H3. The van der Waals surface area contributed by atoms with Crippen LogP contribution in [0.2, 0.25) is 0 Å². The van der Waals surface area contributed by atoms with Gasteiger partial charge in [-0.05, 0) is 18.6 Å². The maximum Gasteiger partial charge on any atom is 0.133 e. The summed E-state index contributed by atoms with van der Waals surface area (Å²) in [4.78, 5) is 0. The normalized spacial score (nSPS) is 10.8. The van der Waals surface area contributed by atoms with Crippen molar-refractivity contribution in [2.75, 3.05) is 0 Å². The summed E-state index contributed by atoms with van der Waals surface area (Å²) in [5, 5.41) is 7.22. The van der Waals surface area contributed by atoms with Gasteiger partial charge in [0.2, 0.25) is 0 Å². The third-order valence-electron chi connectivity index (χ3n) is 2.21. The molecule has 0 spiro atoms. The van der Waals surface area contributed by atoms with Crippen LogP contribution in [0.4, 0.5) is 0 Å². The lowest BCUT2D eigenvalue weighted by molar-refractivity contribution is 0.388. The van der Waals surface area contributed by atoms with Gasteiger partial charge in [-0.1, -0.05) is 5.16 Å². The highest BCUT2D eigenvalue weighted by molar-refractivity contribution is 5.10. The van der Waals surface area contributed by atoms with Gasteiger partial charge >= 0.3 is 0 Å². The van der Waals surface area contributed by atoms with Crippen molar-refractivity contribution in [3.63, 3.8) is 0 Å². The molecule has 0 aliphatic carbocycles.